The molecule has 2 unspecified atom stereocenters. The fourth-order valence-electron chi connectivity index (χ4n) is 1.96. The average Bonchev–Trinajstić information content (AvgIpc) is 2.57. The van der Waals surface area contributed by atoms with Crippen LogP contribution in [0.2, 0.25) is 0 Å². The third-order valence-corrected chi connectivity index (χ3v) is 2.76. The van der Waals surface area contributed by atoms with E-state index in [9.17, 15) is 9.59 Å². The van der Waals surface area contributed by atoms with E-state index in [-0.39, 0.29) is 17.7 Å². The minimum atomic E-state index is -0.535. The summed E-state index contributed by atoms with van der Waals surface area (Å²) in [4.78, 5) is 23.1. The van der Waals surface area contributed by atoms with Gasteiger partial charge in [-0.15, -0.1) is 12.3 Å². The Balaban J connectivity index is 2.49. The Morgan fingerprint density at radius 3 is 2.93 bits per heavy atom. The third-order valence-electron chi connectivity index (χ3n) is 2.76. The molecule has 1 saturated carbocycles. The minimum absolute atomic E-state index is 0.0173. The lowest BCUT2D eigenvalue weighted by atomic mass is 9.98. The van der Waals surface area contributed by atoms with Crippen molar-refractivity contribution in [3.05, 3.63) is 0 Å². The lowest BCUT2D eigenvalue weighted by molar-refractivity contribution is -0.150. The van der Waals surface area contributed by atoms with Gasteiger partial charge in [0.2, 0.25) is 0 Å². The van der Waals surface area contributed by atoms with Gasteiger partial charge in [0.1, 0.15) is 11.7 Å². The second-order valence-electron chi connectivity index (χ2n) is 3.72. The number of hydrogen-bond donors (Lipinski definition) is 0. The molecule has 82 valence electrons. The van der Waals surface area contributed by atoms with Gasteiger partial charge in [-0.25, -0.2) is 0 Å². The van der Waals surface area contributed by atoms with Gasteiger partial charge < -0.3 is 4.74 Å². The molecule has 1 aliphatic rings. The Morgan fingerprint density at radius 2 is 2.33 bits per heavy atom. The first-order valence-corrected chi connectivity index (χ1v) is 5.34. The predicted molar refractivity (Wildman–Crippen MR) is 55.9 cm³/mol. The first-order valence-electron chi connectivity index (χ1n) is 5.34. The van der Waals surface area contributed by atoms with Gasteiger partial charge in [0.15, 0.2) is 0 Å². The highest BCUT2D eigenvalue weighted by atomic mass is 16.5. The van der Waals surface area contributed by atoms with Gasteiger partial charge in [0.25, 0.3) is 0 Å². The summed E-state index contributed by atoms with van der Waals surface area (Å²) in [5.74, 6) is 1.60. The van der Waals surface area contributed by atoms with Crippen molar-refractivity contribution < 1.29 is 14.3 Å². The Bertz CT molecular complexity index is 288. The summed E-state index contributed by atoms with van der Waals surface area (Å²) in [6.45, 7) is 2.07. The van der Waals surface area contributed by atoms with Crippen molar-refractivity contribution >= 4 is 11.8 Å². The zero-order chi connectivity index (χ0) is 11.3. The van der Waals surface area contributed by atoms with Gasteiger partial charge in [0, 0.05) is 12.3 Å². The number of Topliss-reactive ketones (excluding diaryl/α,β-unsaturated/α-hetero) is 1. The quantitative estimate of drug-likeness (QED) is 0.400. The number of ether oxygens (including phenoxy) is 1. The fourth-order valence-corrected chi connectivity index (χ4v) is 1.96. The van der Waals surface area contributed by atoms with Crippen LogP contribution in [0.1, 0.15) is 32.6 Å². The highest BCUT2D eigenvalue weighted by Crippen LogP contribution is 2.31. The van der Waals surface area contributed by atoms with Gasteiger partial charge in [-0.2, -0.15) is 0 Å². The molecule has 1 aliphatic carbocycles. The minimum Gasteiger partial charge on any atom is -0.465 e. The number of hydrogen-bond acceptors (Lipinski definition) is 3. The Hall–Kier alpha value is -1.30. The van der Waals surface area contributed by atoms with Crippen LogP contribution >= 0.6 is 0 Å². The molecule has 0 N–H and O–H groups in total. The lowest BCUT2D eigenvalue weighted by Gasteiger charge is -2.08. The topological polar surface area (TPSA) is 43.4 Å². The first-order chi connectivity index (χ1) is 7.20. The van der Waals surface area contributed by atoms with E-state index in [1.54, 1.807) is 6.92 Å². The van der Waals surface area contributed by atoms with Crippen LogP contribution in [-0.4, -0.2) is 18.4 Å². The summed E-state index contributed by atoms with van der Waals surface area (Å²) >= 11 is 0. The molecule has 3 nitrogen and oxygen atoms in total. The van der Waals surface area contributed by atoms with Crippen molar-refractivity contribution in [1.29, 1.82) is 0 Å². The van der Waals surface area contributed by atoms with Crippen LogP contribution in [0.15, 0.2) is 0 Å². The number of rotatable bonds is 4. The molecule has 0 amide bonds. The highest BCUT2D eigenvalue weighted by molar-refractivity contribution is 6.01. The van der Waals surface area contributed by atoms with E-state index in [1.807, 2.05) is 0 Å². The zero-order valence-electron chi connectivity index (χ0n) is 8.99. The van der Waals surface area contributed by atoms with E-state index >= 15 is 0 Å². The number of ketones is 1. The molecule has 1 fully saturated rings. The molecule has 0 radical (unpaired) electrons. The Kier molecular flexibility index (Phi) is 4.36. The van der Waals surface area contributed by atoms with Gasteiger partial charge in [0.05, 0.1) is 6.61 Å². The van der Waals surface area contributed by atoms with Gasteiger partial charge in [-0.3, -0.25) is 9.59 Å². The molecule has 0 heterocycles. The monoisotopic (exact) mass is 208 g/mol. The van der Waals surface area contributed by atoms with Crippen LogP contribution in [0.25, 0.3) is 0 Å². The molecule has 1 rings (SSSR count). The molecule has 0 aromatic rings. The van der Waals surface area contributed by atoms with E-state index in [0.717, 1.165) is 6.42 Å². The van der Waals surface area contributed by atoms with Crippen LogP contribution in [0, 0.1) is 24.2 Å². The van der Waals surface area contributed by atoms with Crippen LogP contribution in [0.3, 0.4) is 0 Å². The van der Waals surface area contributed by atoms with E-state index in [4.69, 9.17) is 11.2 Å². The second kappa shape index (κ2) is 5.55. The summed E-state index contributed by atoms with van der Waals surface area (Å²) in [6, 6.07) is 0. The first kappa shape index (κ1) is 11.8. The molecule has 0 saturated heterocycles. The van der Waals surface area contributed by atoms with Crippen LogP contribution in [-0.2, 0) is 14.3 Å². The molecule has 0 aromatic heterocycles. The van der Waals surface area contributed by atoms with Gasteiger partial charge >= 0.3 is 5.97 Å². The molecular formula is C12H16O3. The molecule has 0 bridgehead atoms. The molecule has 0 aliphatic heterocycles. The molecule has 3 heteroatoms. The normalized spacial score (nSPS) is 24.9. The third kappa shape index (κ3) is 2.82. The van der Waals surface area contributed by atoms with Gasteiger partial charge in [-0.05, 0) is 26.2 Å². The maximum Gasteiger partial charge on any atom is 0.316 e. The zero-order valence-corrected chi connectivity index (χ0v) is 8.99. The number of esters is 1. The van der Waals surface area contributed by atoms with E-state index < -0.39 is 5.92 Å². The molecule has 2 atom stereocenters. The smallest absolute Gasteiger partial charge is 0.316 e. The largest absolute Gasteiger partial charge is 0.465 e. The van der Waals surface area contributed by atoms with Crippen molar-refractivity contribution in [3.8, 4) is 12.3 Å². The van der Waals surface area contributed by atoms with Crippen LogP contribution in [0.5, 0.6) is 0 Å². The van der Waals surface area contributed by atoms with Crippen molar-refractivity contribution in [2.24, 2.45) is 11.8 Å². The average molecular weight is 208 g/mol. The summed E-state index contributed by atoms with van der Waals surface area (Å²) in [5, 5.41) is 0. The van der Waals surface area contributed by atoms with E-state index in [0.29, 0.717) is 25.9 Å². The molecule has 0 spiro atoms. The summed E-state index contributed by atoms with van der Waals surface area (Å²) in [7, 11) is 0. The second-order valence-corrected chi connectivity index (χ2v) is 3.72. The maximum absolute atomic E-state index is 11.8. The number of carbonyl (C=O) groups is 2. The standard InChI is InChI=1S/C12H16O3/c1-3-5-6-9-7-8-10(11(9)13)12(14)15-4-2/h1,9-10H,4-8H2,2H3. The summed E-state index contributed by atoms with van der Waals surface area (Å²) in [5.41, 5.74) is 0. The summed E-state index contributed by atoms with van der Waals surface area (Å²) < 4.78 is 4.85. The maximum atomic E-state index is 11.8. The summed E-state index contributed by atoms with van der Waals surface area (Å²) in [6.07, 6.45) is 7.83. The predicted octanol–water partition coefficient (Wildman–Crippen LogP) is 1.56. The fraction of sp³-hybridized carbons (Fsp3) is 0.667. The lowest BCUT2D eigenvalue weighted by Crippen LogP contribution is -2.24. The van der Waals surface area contributed by atoms with Crippen molar-refractivity contribution in [1.82, 2.24) is 0 Å². The highest BCUT2D eigenvalue weighted by Gasteiger charge is 2.38. The van der Waals surface area contributed by atoms with Crippen LogP contribution in [0.4, 0.5) is 0 Å². The number of terminal acetylenes is 1. The van der Waals surface area contributed by atoms with E-state index in [2.05, 4.69) is 5.92 Å². The van der Waals surface area contributed by atoms with Gasteiger partial charge in [-0.1, -0.05) is 0 Å². The molecule has 15 heavy (non-hydrogen) atoms. The molecular weight excluding hydrogens is 192 g/mol. The van der Waals surface area contributed by atoms with E-state index in [1.165, 1.54) is 0 Å². The molecule has 0 aromatic carbocycles. The Morgan fingerprint density at radius 1 is 1.60 bits per heavy atom. The SMILES string of the molecule is C#CCCC1CCC(C(=O)OCC)C1=O. The number of carbonyl (C=O) groups excluding carboxylic acids is 2. The van der Waals surface area contributed by atoms with Crippen molar-refractivity contribution in [2.45, 2.75) is 32.6 Å². The Labute approximate surface area is 90.2 Å². The van der Waals surface area contributed by atoms with Crippen LogP contribution < -0.4 is 0 Å². The van der Waals surface area contributed by atoms with Crippen molar-refractivity contribution in [2.75, 3.05) is 6.61 Å². The van der Waals surface area contributed by atoms with Crippen molar-refractivity contribution in [3.63, 3.8) is 0 Å².